The Morgan fingerprint density at radius 1 is 1.00 bits per heavy atom. The van der Waals surface area contributed by atoms with Crippen LogP contribution in [-0.4, -0.2) is 19.6 Å². The summed E-state index contributed by atoms with van der Waals surface area (Å²) in [4.78, 5) is 12.6. The van der Waals surface area contributed by atoms with E-state index in [0.717, 1.165) is 12.8 Å². The van der Waals surface area contributed by atoms with Crippen LogP contribution in [0.25, 0.3) is 0 Å². The van der Waals surface area contributed by atoms with Gasteiger partial charge in [-0.1, -0.05) is 42.1 Å². The molecule has 1 aliphatic carbocycles. The number of rotatable bonds is 4. The van der Waals surface area contributed by atoms with Gasteiger partial charge in [0.25, 0.3) is 5.91 Å². The molecule has 132 valence electrons. The first-order chi connectivity index (χ1) is 11.9. The first-order valence-electron chi connectivity index (χ1n) is 7.98. The number of hydrogen-bond donors (Lipinski definition) is 1. The third kappa shape index (κ3) is 4.17. The second kappa shape index (κ2) is 7.36. The van der Waals surface area contributed by atoms with Crippen LogP contribution in [0.3, 0.4) is 0 Å². The van der Waals surface area contributed by atoms with E-state index in [-0.39, 0.29) is 10.1 Å². The number of amides is 1. The van der Waals surface area contributed by atoms with Crippen molar-refractivity contribution in [2.75, 3.05) is 5.32 Å². The lowest BCUT2D eigenvalue weighted by Crippen LogP contribution is -2.18. The number of halogens is 2. The lowest BCUT2D eigenvalue weighted by atomic mass is 10.2. The minimum absolute atomic E-state index is 0.237. The third-order valence-corrected chi connectivity index (χ3v) is 6.98. The summed E-state index contributed by atoms with van der Waals surface area (Å²) >= 11 is 11.8. The number of carbonyl (C=O) groups is 1. The number of carbonyl (C=O) groups excluding carboxylic acids is 1. The van der Waals surface area contributed by atoms with Gasteiger partial charge < -0.3 is 5.32 Å². The van der Waals surface area contributed by atoms with E-state index in [9.17, 15) is 13.2 Å². The number of sulfone groups is 1. The van der Waals surface area contributed by atoms with Gasteiger partial charge in [-0.05, 0) is 49.2 Å². The van der Waals surface area contributed by atoms with Gasteiger partial charge in [0.2, 0.25) is 0 Å². The summed E-state index contributed by atoms with van der Waals surface area (Å²) in [5.74, 6) is -0.403. The predicted octanol–water partition coefficient (Wildman–Crippen LogP) is 4.96. The van der Waals surface area contributed by atoms with Crippen LogP contribution < -0.4 is 5.32 Å². The Hall–Kier alpha value is -1.56. The maximum absolute atomic E-state index is 12.7. The third-order valence-electron chi connectivity index (χ3n) is 4.29. The van der Waals surface area contributed by atoms with Crippen LogP contribution in [0.5, 0.6) is 0 Å². The molecule has 0 bridgehead atoms. The van der Waals surface area contributed by atoms with Crippen molar-refractivity contribution in [2.45, 2.75) is 35.8 Å². The average molecular weight is 398 g/mol. The maximum atomic E-state index is 12.7. The van der Waals surface area contributed by atoms with E-state index in [1.165, 1.54) is 24.3 Å². The van der Waals surface area contributed by atoms with Crippen LogP contribution in [0.1, 0.15) is 36.0 Å². The summed E-state index contributed by atoms with van der Waals surface area (Å²) in [6.07, 6.45) is 3.27. The van der Waals surface area contributed by atoms with Crippen molar-refractivity contribution in [1.82, 2.24) is 0 Å². The first-order valence-corrected chi connectivity index (χ1v) is 10.3. The van der Waals surface area contributed by atoms with E-state index in [4.69, 9.17) is 23.2 Å². The number of nitrogens with one attached hydrogen (secondary N) is 1. The van der Waals surface area contributed by atoms with Gasteiger partial charge in [-0.25, -0.2) is 8.42 Å². The van der Waals surface area contributed by atoms with Gasteiger partial charge in [-0.15, -0.1) is 0 Å². The van der Waals surface area contributed by atoms with Gasteiger partial charge in [0.1, 0.15) is 0 Å². The number of benzene rings is 2. The van der Waals surface area contributed by atoms with Crippen LogP contribution in [-0.2, 0) is 9.84 Å². The van der Waals surface area contributed by atoms with Gasteiger partial charge in [0.15, 0.2) is 9.84 Å². The van der Waals surface area contributed by atoms with E-state index in [2.05, 4.69) is 5.32 Å². The first kappa shape index (κ1) is 18.2. The molecule has 4 nitrogen and oxygen atoms in total. The quantitative estimate of drug-likeness (QED) is 0.792. The highest BCUT2D eigenvalue weighted by molar-refractivity contribution is 7.92. The summed E-state index contributed by atoms with van der Waals surface area (Å²) in [5.41, 5.74) is 0.724. The molecule has 0 aliphatic heterocycles. The highest BCUT2D eigenvalue weighted by Crippen LogP contribution is 2.30. The second-order valence-corrected chi connectivity index (χ2v) is 9.19. The fourth-order valence-electron chi connectivity index (χ4n) is 3.03. The zero-order valence-electron chi connectivity index (χ0n) is 13.3. The minimum atomic E-state index is -3.37. The summed E-state index contributed by atoms with van der Waals surface area (Å²) in [7, 11) is -3.37. The molecule has 25 heavy (non-hydrogen) atoms. The lowest BCUT2D eigenvalue weighted by molar-refractivity contribution is 0.102. The monoisotopic (exact) mass is 397 g/mol. The topological polar surface area (TPSA) is 63.2 Å². The van der Waals surface area contributed by atoms with Crippen LogP contribution in [0, 0.1) is 0 Å². The Labute approximate surface area is 157 Å². The molecule has 2 aromatic rings. The van der Waals surface area contributed by atoms with Crippen molar-refractivity contribution in [2.24, 2.45) is 0 Å². The molecule has 0 saturated heterocycles. The van der Waals surface area contributed by atoms with Gasteiger partial charge in [-0.2, -0.15) is 0 Å². The standard InChI is InChI=1S/C18H17Cl2NO3S/c19-13-8-12(9-14(20)10-13)18(22)21-15-4-3-7-17(11-15)25(23,24)16-5-1-2-6-16/h3-4,7-11,16H,1-2,5-6H2,(H,21,22). The number of hydrogen-bond acceptors (Lipinski definition) is 3. The smallest absolute Gasteiger partial charge is 0.255 e. The van der Waals surface area contributed by atoms with Gasteiger partial charge in [0.05, 0.1) is 10.1 Å². The summed E-state index contributed by atoms with van der Waals surface area (Å²) in [5, 5.41) is 3.08. The van der Waals surface area contributed by atoms with Crippen molar-refractivity contribution in [3.63, 3.8) is 0 Å². The van der Waals surface area contributed by atoms with E-state index < -0.39 is 15.7 Å². The Bertz CT molecular complexity index is 886. The molecule has 3 rings (SSSR count). The van der Waals surface area contributed by atoms with E-state index >= 15 is 0 Å². The summed E-state index contributed by atoms with van der Waals surface area (Å²) in [6, 6.07) is 10.9. The molecule has 0 radical (unpaired) electrons. The van der Waals surface area contributed by atoms with Crippen molar-refractivity contribution in [1.29, 1.82) is 0 Å². The second-order valence-electron chi connectivity index (χ2n) is 6.09. The van der Waals surface area contributed by atoms with Gasteiger partial charge in [-0.3, -0.25) is 4.79 Å². The fourth-order valence-corrected chi connectivity index (χ4v) is 5.45. The SMILES string of the molecule is O=C(Nc1cccc(S(=O)(=O)C2CCCC2)c1)c1cc(Cl)cc(Cl)c1. The molecule has 0 unspecified atom stereocenters. The van der Waals surface area contributed by atoms with Crippen LogP contribution >= 0.6 is 23.2 Å². The Balaban J connectivity index is 1.83. The van der Waals surface area contributed by atoms with E-state index in [1.54, 1.807) is 18.2 Å². The molecular weight excluding hydrogens is 381 g/mol. The van der Waals surface area contributed by atoms with Crippen molar-refractivity contribution in [3.05, 3.63) is 58.1 Å². The summed E-state index contributed by atoms with van der Waals surface area (Å²) < 4.78 is 25.4. The van der Waals surface area contributed by atoms with Crippen molar-refractivity contribution < 1.29 is 13.2 Å². The Kier molecular flexibility index (Phi) is 5.37. The molecule has 1 amide bonds. The van der Waals surface area contributed by atoms with E-state index in [0.29, 0.717) is 34.1 Å². The summed E-state index contributed by atoms with van der Waals surface area (Å²) in [6.45, 7) is 0. The van der Waals surface area contributed by atoms with Crippen LogP contribution in [0.4, 0.5) is 5.69 Å². The minimum Gasteiger partial charge on any atom is -0.322 e. The van der Waals surface area contributed by atoms with Crippen LogP contribution in [0.15, 0.2) is 47.4 Å². The lowest BCUT2D eigenvalue weighted by Gasteiger charge is -2.13. The molecule has 7 heteroatoms. The van der Waals surface area contributed by atoms with Crippen LogP contribution in [0.2, 0.25) is 10.0 Å². The van der Waals surface area contributed by atoms with Gasteiger partial charge >= 0.3 is 0 Å². The fraction of sp³-hybridized carbons (Fsp3) is 0.278. The molecular formula is C18H17Cl2NO3S. The molecule has 1 fully saturated rings. The molecule has 2 aromatic carbocycles. The molecule has 0 heterocycles. The molecule has 0 aromatic heterocycles. The average Bonchev–Trinajstić information content (AvgIpc) is 3.09. The highest BCUT2D eigenvalue weighted by atomic mass is 35.5. The Morgan fingerprint density at radius 3 is 2.28 bits per heavy atom. The largest absolute Gasteiger partial charge is 0.322 e. The van der Waals surface area contributed by atoms with Crippen molar-refractivity contribution >= 4 is 44.6 Å². The molecule has 0 spiro atoms. The zero-order chi connectivity index (χ0) is 18.0. The van der Waals surface area contributed by atoms with Gasteiger partial charge in [0, 0.05) is 21.3 Å². The Morgan fingerprint density at radius 2 is 1.64 bits per heavy atom. The maximum Gasteiger partial charge on any atom is 0.255 e. The highest BCUT2D eigenvalue weighted by Gasteiger charge is 2.30. The van der Waals surface area contributed by atoms with Crippen molar-refractivity contribution in [3.8, 4) is 0 Å². The van der Waals surface area contributed by atoms with E-state index in [1.807, 2.05) is 0 Å². The number of anilines is 1. The molecule has 1 N–H and O–H groups in total. The zero-order valence-corrected chi connectivity index (χ0v) is 15.7. The molecule has 1 saturated carbocycles. The normalized spacial score (nSPS) is 15.3. The predicted molar refractivity (Wildman–Crippen MR) is 100 cm³/mol. The molecule has 1 aliphatic rings. The molecule has 0 atom stereocenters.